The first-order valence-corrected chi connectivity index (χ1v) is 10.0. The number of nitriles is 1. The Balaban J connectivity index is 0.000000149. The van der Waals surface area contributed by atoms with Crippen molar-refractivity contribution in [1.29, 1.82) is 5.26 Å². The van der Waals surface area contributed by atoms with E-state index in [1.54, 1.807) is 19.5 Å². The van der Waals surface area contributed by atoms with Crippen LogP contribution in [0.3, 0.4) is 0 Å². The van der Waals surface area contributed by atoms with E-state index in [0.717, 1.165) is 45.8 Å². The summed E-state index contributed by atoms with van der Waals surface area (Å²) in [5, 5.41) is 11.1. The van der Waals surface area contributed by atoms with E-state index >= 15 is 0 Å². The average Bonchev–Trinajstić information content (AvgIpc) is 2.83. The van der Waals surface area contributed by atoms with E-state index in [-0.39, 0.29) is 5.97 Å². The summed E-state index contributed by atoms with van der Waals surface area (Å²) in [5.74, 6) is -0.255. The molecule has 0 spiro atoms. The number of pyridine rings is 2. The van der Waals surface area contributed by atoms with Gasteiger partial charge in [-0.3, -0.25) is 9.97 Å². The average molecular weight is 411 g/mol. The lowest BCUT2D eigenvalue weighted by Gasteiger charge is -2.16. The lowest BCUT2D eigenvalue weighted by Crippen LogP contribution is -2.18. The van der Waals surface area contributed by atoms with Crippen molar-refractivity contribution in [2.24, 2.45) is 0 Å². The minimum atomic E-state index is -0.255. The molecular formula is C25H21N3O3. The number of methoxy groups -OCH3 is 1. The number of ether oxygens (including phenoxy) is 2. The van der Waals surface area contributed by atoms with E-state index in [0.29, 0.717) is 24.3 Å². The van der Waals surface area contributed by atoms with Crippen LogP contribution in [-0.2, 0) is 22.3 Å². The van der Waals surface area contributed by atoms with E-state index in [1.165, 1.54) is 0 Å². The molecule has 3 heterocycles. The first-order chi connectivity index (χ1) is 15.2. The fourth-order valence-electron chi connectivity index (χ4n) is 3.74. The summed E-state index contributed by atoms with van der Waals surface area (Å²) in [5.41, 5.74) is 5.20. The Morgan fingerprint density at radius 2 is 1.71 bits per heavy atom. The van der Waals surface area contributed by atoms with Gasteiger partial charge in [-0.1, -0.05) is 36.4 Å². The summed E-state index contributed by atoms with van der Waals surface area (Å²) in [7, 11) is 1.66. The predicted octanol–water partition coefficient (Wildman–Crippen LogP) is 4.24. The molecule has 2 aromatic heterocycles. The maximum absolute atomic E-state index is 11.5. The number of rotatable bonds is 3. The molecule has 6 heteroatoms. The van der Waals surface area contributed by atoms with Crippen molar-refractivity contribution >= 4 is 27.8 Å². The fraction of sp³-hybridized carbons (Fsp3) is 0.200. The molecule has 1 aliphatic rings. The Hall–Kier alpha value is -3.82. The highest BCUT2D eigenvalue weighted by Crippen LogP contribution is 2.24. The number of cyclic esters (lactones) is 1. The fourth-order valence-corrected chi connectivity index (χ4v) is 3.74. The highest BCUT2D eigenvalue weighted by Gasteiger charge is 2.20. The molecule has 0 aliphatic carbocycles. The van der Waals surface area contributed by atoms with Crippen LogP contribution in [0.15, 0.2) is 60.9 Å². The summed E-state index contributed by atoms with van der Waals surface area (Å²) in [4.78, 5) is 20.0. The Labute approximate surface area is 180 Å². The van der Waals surface area contributed by atoms with Crippen molar-refractivity contribution in [1.82, 2.24) is 9.97 Å². The van der Waals surface area contributed by atoms with E-state index in [2.05, 4.69) is 16.0 Å². The monoisotopic (exact) mass is 411 g/mol. The molecule has 0 fully saturated rings. The maximum atomic E-state index is 11.5. The zero-order valence-corrected chi connectivity index (χ0v) is 17.2. The molecule has 154 valence electrons. The third-order valence-electron chi connectivity index (χ3n) is 5.26. The minimum absolute atomic E-state index is 0.255. The standard InChI is InChI=1S/C13H12N2O.C12H9NO2/c1-16-7-6-11-10(8-14)9-15-13-5-3-2-4-12(11)13;14-12-10-7-13-11-4-2-1-3-9(11)8(10)5-6-15-12/h2-5,9H,6-7H2,1H3;1-4,7H,5-6H2. The van der Waals surface area contributed by atoms with Gasteiger partial charge in [0.15, 0.2) is 0 Å². The van der Waals surface area contributed by atoms with Gasteiger partial charge in [-0.15, -0.1) is 0 Å². The third-order valence-corrected chi connectivity index (χ3v) is 5.26. The Kier molecular flexibility index (Phi) is 6.16. The van der Waals surface area contributed by atoms with Gasteiger partial charge in [-0.25, -0.2) is 4.79 Å². The maximum Gasteiger partial charge on any atom is 0.340 e. The normalized spacial score (nSPS) is 12.5. The lowest BCUT2D eigenvalue weighted by atomic mass is 9.99. The summed E-state index contributed by atoms with van der Waals surface area (Å²) in [6.07, 6.45) is 4.76. The Morgan fingerprint density at radius 3 is 2.45 bits per heavy atom. The highest BCUT2D eigenvalue weighted by molar-refractivity contribution is 5.97. The molecule has 31 heavy (non-hydrogen) atoms. The summed E-state index contributed by atoms with van der Waals surface area (Å²) in [6.45, 7) is 1.09. The number of nitrogens with zero attached hydrogens (tertiary/aromatic N) is 3. The predicted molar refractivity (Wildman–Crippen MR) is 118 cm³/mol. The van der Waals surface area contributed by atoms with Crippen LogP contribution in [0, 0.1) is 11.3 Å². The Bertz CT molecular complexity index is 1290. The lowest BCUT2D eigenvalue weighted by molar-refractivity contribution is 0.0481. The molecule has 0 saturated carbocycles. The minimum Gasteiger partial charge on any atom is -0.462 e. The SMILES string of the molecule is COCCc1c(C#N)cnc2ccccc12.O=C1OCCc2c1cnc1ccccc21. The van der Waals surface area contributed by atoms with Gasteiger partial charge in [0.1, 0.15) is 6.07 Å². The molecular weight excluding hydrogens is 390 g/mol. The van der Waals surface area contributed by atoms with Gasteiger partial charge in [0.05, 0.1) is 35.4 Å². The number of benzene rings is 2. The Morgan fingerprint density at radius 1 is 1.03 bits per heavy atom. The van der Waals surface area contributed by atoms with Crippen molar-refractivity contribution < 1.29 is 14.3 Å². The second-order valence-electron chi connectivity index (χ2n) is 7.08. The molecule has 0 saturated heterocycles. The van der Waals surface area contributed by atoms with Crippen LogP contribution >= 0.6 is 0 Å². The van der Waals surface area contributed by atoms with E-state index in [9.17, 15) is 4.79 Å². The first-order valence-electron chi connectivity index (χ1n) is 10.0. The second-order valence-corrected chi connectivity index (χ2v) is 7.08. The quantitative estimate of drug-likeness (QED) is 0.469. The number of esters is 1. The van der Waals surface area contributed by atoms with Gasteiger partial charge < -0.3 is 9.47 Å². The van der Waals surface area contributed by atoms with Crippen LogP contribution in [0.5, 0.6) is 0 Å². The van der Waals surface area contributed by atoms with Crippen LogP contribution < -0.4 is 0 Å². The first kappa shape index (κ1) is 20.5. The smallest absolute Gasteiger partial charge is 0.340 e. The number of para-hydroxylation sites is 2. The molecule has 4 aromatic rings. The van der Waals surface area contributed by atoms with Crippen molar-refractivity contribution in [2.75, 3.05) is 20.3 Å². The summed E-state index contributed by atoms with van der Waals surface area (Å²) >= 11 is 0. The molecule has 6 nitrogen and oxygen atoms in total. The van der Waals surface area contributed by atoms with E-state index in [4.69, 9.17) is 14.7 Å². The van der Waals surface area contributed by atoms with Gasteiger partial charge in [-0.2, -0.15) is 5.26 Å². The summed E-state index contributed by atoms with van der Waals surface area (Å²) < 4.78 is 10.0. The van der Waals surface area contributed by atoms with Crippen molar-refractivity contribution in [3.8, 4) is 6.07 Å². The topological polar surface area (TPSA) is 85.1 Å². The van der Waals surface area contributed by atoms with Crippen molar-refractivity contribution in [3.05, 3.63) is 83.2 Å². The van der Waals surface area contributed by atoms with Crippen LogP contribution in [0.1, 0.15) is 27.0 Å². The van der Waals surface area contributed by atoms with Gasteiger partial charge in [-0.05, 0) is 29.7 Å². The van der Waals surface area contributed by atoms with Crippen molar-refractivity contribution in [2.45, 2.75) is 12.8 Å². The van der Waals surface area contributed by atoms with Gasteiger partial charge in [0.25, 0.3) is 0 Å². The zero-order chi connectivity index (χ0) is 21.6. The summed E-state index contributed by atoms with van der Waals surface area (Å²) in [6, 6.07) is 17.9. The number of aromatic nitrogens is 2. The highest BCUT2D eigenvalue weighted by atomic mass is 16.5. The molecule has 0 N–H and O–H groups in total. The van der Waals surface area contributed by atoms with Gasteiger partial charge in [0.2, 0.25) is 0 Å². The number of hydrogen-bond acceptors (Lipinski definition) is 6. The third kappa shape index (κ3) is 4.23. The van der Waals surface area contributed by atoms with E-state index in [1.807, 2.05) is 48.5 Å². The number of fused-ring (bicyclic) bond motifs is 4. The molecule has 2 aromatic carbocycles. The number of hydrogen-bond donors (Lipinski definition) is 0. The van der Waals surface area contributed by atoms with Crippen LogP contribution in [-0.4, -0.2) is 36.3 Å². The second kappa shape index (κ2) is 9.33. The van der Waals surface area contributed by atoms with Crippen molar-refractivity contribution in [3.63, 3.8) is 0 Å². The van der Waals surface area contributed by atoms with Gasteiger partial charge >= 0.3 is 5.97 Å². The van der Waals surface area contributed by atoms with Crippen LogP contribution in [0.4, 0.5) is 0 Å². The molecule has 0 bridgehead atoms. The van der Waals surface area contributed by atoms with Crippen LogP contribution in [0.2, 0.25) is 0 Å². The molecule has 0 amide bonds. The molecule has 0 atom stereocenters. The number of carbonyl (C=O) groups excluding carboxylic acids is 1. The molecule has 1 aliphatic heterocycles. The number of carbonyl (C=O) groups is 1. The van der Waals surface area contributed by atoms with Gasteiger partial charge in [0, 0.05) is 36.7 Å². The molecule has 0 unspecified atom stereocenters. The zero-order valence-electron chi connectivity index (χ0n) is 17.2. The molecule has 5 rings (SSSR count). The molecule has 0 radical (unpaired) electrons. The van der Waals surface area contributed by atoms with Crippen LogP contribution in [0.25, 0.3) is 21.8 Å². The van der Waals surface area contributed by atoms with E-state index < -0.39 is 0 Å². The largest absolute Gasteiger partial charge is 0.462 e.